The number of hydrogen-bond acceptors (Lipinski definition) is 1. The predicted octanol–water partition coefficient (Wildman–Crippen LogP) is 3.09. The summed E-state index contributed by atoms with van der Waals surface area (Å²) in [7, 11) is 0. The number of amides is 1. The first-order valence-electron chi connectivity index (χ1n) is 5.68. The maximum absolute atomic E-state index is 11.8. The summed E-state index contributed by atoms with van der Waals surface area (Å²) in [6.45, 7) is 5.87. The third-order valence-electron chi connectivity index (χ3n) is 3.28. The molecule has 0 spiro atoms. The van der Waals surface area contributed by atoms with Crippen molar-refractivity contribution in [2.24, 2.45) is 5.92 Å². The Kier molecular flexibility index (Phi) is 2.82. The van der Waals surface area contributed by atoms with Crippen LogP contribution in [-0.2, 0) is 4.79 Å². The first kappa shape index (κ1) is 10.9. The minimum absolute atomic E-state index is 0.107. The molecule has 0 saturated carbocycles. The van der Waals surface area contributed by atoms with Gasteiger partial charge in [0.1, 0.15) is 0 Å². The van der Waals surface area contributed by atoms with Crippen LogP contribution in [0.2, 0.25) is 0 Å². The zero-order valence-corrected chi connectivity index (χ0v) is 9.97. The van der Waals surface area contributed by atoms with Crippen LogP contribution in [0.3, 0.4) is 0 Å². The first-order valence-corrected chi connectivity index (χ1v) is 5.68. The van der Waals surface area contributed by atoms with E-state index in [4.69, 9.17) is 0 Å². The number of carbonyl (C=O) groups excluding carboxylic acids is 1. The van der Waals surface area contributed by atoms with Gasteiger partial charge in [-0.25, -0.2) is 0 Å². The number of rotatable bonds is 0. The predicted molar refractivity (Wildman–Crippen MR) is 67.3 cm³/mol. The minimum atomic E-state index is 0.107. The molecular weight excluding hydrogens is 198 g/mol. The molecule has 16 heavy (non-hydrogen) atoms. The van der Waals surface area contributed by atoms with Gasteiger partial charge in [0.25, 0.3) is 0 Å². The lowest BCUT2D eigenvalue weighted by Crippen LogP contribution is -2.40. The Hall–Kier alpha value is -1.57. The van der Waals surface area contributed by atoms with Crippen molar-refractivity contribution in [3.8, 4) is 0 Å². The quantitative estimate of drug-likeness (QED) is 0.651. The van der Waals surface area contributed by atoms with Crippen molar-refractivity contribution in [1.29, 1.82) is 0 Å². The highest BCUT2D eigenvalue weighted by Crippen LogP contribution is 2.30. The highest BCUT2D eigenvalue weighted by Gasteiger charge is 2.25. The maximum Gasteiger partial charge on any atom is 0.224 e. The first-order chi connectivity index (χ1) is 7.61. The molecule has 2 nitrogen and oxygen atoms in total. The van der Waals surface area contributed by atoms with Gasteiger partial charge in [-0.3, -0.25) is 4.79 Å². The van der Waals surface area contributed by atoms with Crippen LogP contribution >= 0.6 is 0 Å². The Morgan fingerprint density at radius 1 is 1.25 bits per heavy atom. The molecule has 0 bridgehead atoms. The number of hydrogen-bond donors (Lipinski definition) is 0. The summed E-state index contributed by atoms with van der Waals surface area (Å²) in [5, 5.41) is 0. The Morgan fingerprint density at radius 3 is 2.62 bits per heavy atom. The normalized spacial score (nSPS) is 23.8. The average Bonchev–Trinajstić information content (AvgIpc) is 2.38. The average molecular weight is 215 g/mol. The van der Waals surface area contributed by atoms with E-state index in [1.165, 1.54) is 0 Å². The van der Waals surface area contributed by atoms with Gasteiger partial charge in [0.2, 0.25) is 5.91 Å². The van der Waals surface area contributed by atoms with Crippen molar-refractivity contribution in [3.05, 3.63) is 35.9 Å². The molecule has 0 saturated heterocycles. The molecule has 1 aliphatic heterocycles. The van der Waals surface area contributed by atoms with E-state index in [1.54, 1.807) is 6.92 Å². The molecule has 0 unspecified atom stereocenters. The largest absolute Gasteiger partial charge is 0.309 e. The van der Waals surface area contributed by atoms with Gasteiger partial charge in [-0.2, -0.15) is 0 Å². The van der Waals surface area contributed by atoms with Gasteiger partial charge in [0.05, 0.1) is 5.69 Å². The second kappa shape index (κ2) is 4.12. The van der Waals surface area contributed by atoms with Crippen LogP contribution in [0, 0.1) is 5.92 Å². The van der Waals surface area contributed by atoms with Crippen molar-refractivity contribution < 1.29 is 4.79 Å². The lowest BCUT2D eigenvalue weighted by Gasteiger charge is -2.30. The van der Waals surface area contributed by atoms with E-state index in [0.29, 0.717) is 5.92 Å². The topological polar surface area (TPSA) is 20.3 Å². The smallest absolute Gasteiger partial charge is 0.224 e. The molecule has 2 rings (SSSR count). The maximum atomic E-state index is 11.8. The van der Waals surface area contributed by atoms with Gasteiger partial charge in [0, 0.05) is 13.0 Å². The number of anilines is 1. The van der Waals surface area contributed by atoms with Crippen LogP contribution in [-0.4, -0.2) is 11.9 Å². The van der Waals surface area contributed by atoms with Crippen LogP contribution < -0.4 is 4.90 Å². The fraction of sp³-hybridized carbons (Fsp3) is 0.357. The van der Waals surface area contributed by atoms with Crippen molar-refractivity contribution in [2.45, 2.75) is 26.8 Å². The molecule has 0 radical (unpaired) electrons. The summed E-state index contributed by atoms with van der Waals surface area (Å²) >= 11 is 0. The van der Waals surface area contributed by atoms with Gasteiger partial charge in [0.15, 0.2) is 0 Å². The van der Waals surface area contributed by atoms with Crippen molar-refractivity contribution in [3.63, 3.8) is 0 Å². The minimum Gasteiger partial charge on any atom is -0.309 e. The number of benzene rings is 1. The van der Waals surface area contributed by atoms with Crippen molar-refractivity contribution >= 4 is 17.7 Å². The van der Waals surface area contributed by atoms with Crippen molar-refractivity contribution in [1.82, 2.24) is 0 Å². The number of nitrogens with zero attached hydrogens (tertiary/aromatic N) is 1. The van der Waals surface area contributed by atoms with E-state index in [-0.39, 0.29) is 11.9 Å². The molecule has 1 heterocycles. The lowest BCUT2D eigenvalue weighted by molar-refractivity contribution is -0.117. The molecule has 1 aliphatic rings. The van der Waals surface area contributed by atoms with Crippen LogP contribution in [0.1, 0.15) is 26.3 Å². The molecular formula is C14H17NO. The fourth-order valence-electron chi connectivity index (χ4n) is 2.18. The molecule has 0 aromatic heterocycles. The third-order valence-corrected chi connectivity index (χ3v) is 3.28. The van der Waals surface area contributed by atoms with Crippen LogP contribution in [0.4, 0.5) is 5.69 Å². The second-order valence-electron chi connectivity index (χ2n) is 4.41. The van der Waals surface area contributed by atoms with Crippen LogP contribution in [0.25, 0.3) is 6.08 Å². The molecule has 84 valence electrons. The van der Waals surface area contributed by atoms with E-state index in [9.17, 15) is 4.79 Å². The van der Waals surface area contributed by atoms with Gasteiger partial charge >= 0.3 is 0 Å². The zero-order chi connectivity index (χ0) is 11.7. The summed E-state index contributed by atoms with van der Waals surface area (Å²) < 4.78 is 0. The number of fused-ring (bicyclic) bond motifs is 1. The second-order valence-corrected chi connectivity index (χ2v) is 4.41. The van der Waals surface area contributed by atoms with E-state index < -0.39 is 0 Å². The SMILES string of the molecule is CC(=O)N1c2ccccc2C=C[C@@H](C)[C@H]1C. The fourth-order valence-corrected chi connectivity index (χ4v) is 2.18. The Morgan fingerprint density at radius 2 is 1.94 bits per heavy atom. The number of para-hydroxylation sites is 1. The monoisotopic (exact) mass is 215 g/mol. The Bertz CT molecular complexity index is 436. The van der Waals surface area contributed by atoms with E-state index in [2.05, 4.69) is 26.0 Å². The molecule has 2 atom stereocenters. The zero-order valence-electron chi connectivity index (χ0n) is 9.97. The standard InChI is InChI=1S/C14H17NO/c1-10-8-9-13-6-4-5-7-14(13)15(11(10)2)12(3)16/h4-11H,1-3H3/t10-,11-/m1/s1. The lowest BCUT2D eigenvalue weighted by atomic mass is 10.0. The highest BCUT2D eigenvalue weighted by atomic mass is 16.2. The Labute approximate surface area is 96.6 Å². The molecule has 0 aliphatic carbocycles. The highest BCUT2D eigenvalue weighted by molar-refractivity contribution is 5.95. The third kappa shape index (κ3) is 1.75. The Balaban J connectivity index is 2.56. The van der Waals surface area contributed by atoms with E-state index >= 15 is 0 Å². The molecule has 1 amide bonds. The summed E-state index contributed by atoms with van der Waals surface area (Å²) in [4.78, 5) is 13.7. The molecule has 1 aromatic rings. The molecule has 2 heteroatoms. The summed E-state index contributed by atoms with van der Waals surface area (Å²) in [5.41, 5.74) is 2.14. The van der Waals surface area contributed by atoms with E-state index in [0.717, 1.165) is 11.3 Å². The van der Waals surface area contributed by atoms with Crippen LogP contribution in [0.15, 0.2) is 30.3 Å². The van der Waals surface area contributed by atoms with Gasteiger partial charge in [-0.05, 0) is 24.5 Å². The number of carbonyl (C=O) groups is 1. The summed E-state index contributed by atoms with van der Waals surface area (Å²) in [5.74, 6) is 0.479. The summed E-state index contributed by atoms with van der Waals surface area (Å²) in [6, 6.07) is 8.24. The van der Waals surface area contributed by atoms with Gasteiger partial charge in [-0.15, -0.1) is 0 Å². The molecule has 1 aromatic carbocycles. The summed E-state index contributed by atoms with van der Waals surface area (Å²) in [6.07, 6.45) is 4.28. The van der Waals surface area contributed by atoms with E-state index in [1.807, 2.05) is 29.2 Å². The van der Waals surface area contributed by atoms with Gasteiger partial charge in [-0.1, -0.05) is 37.3 Å². The van der Waals surface area contributed by atoms with Crippen molar-refractivity contribution in [2.75, 3.05) is 4.90 Å². The molecule has 0 N–H and O–H groups in total. The molecule has 0 fully saturated rings. The van der Waals surface area contributed by atoms with Gasteiger partial charge < -0.3 is 4.90 Å². The van der Waals surface area contributed by atoms with Crippen LogP contribution in [0.5, 0.6) is 0 Å².